The van der Waals surface area contributed by atoms with Crippen molar-refractivity contribution in [1.29, 1.82) is 15.8 Å². The fourth-order valence-electron chi connectivity index (χ4n) is 2.65. The zero-order chi connectivity index (χ0) is 20.9. The van der Waals surface area contributed by atoms with Gasteiger partial charge in [-0.15, -0.1) is 0 Å². The molecule has 1 aromatic carbocycles. The van der Waals surface area contributed by atoms with Crippen LogP contribution in [0.2, 0.25) is 0 Å². The van der Waals surface area contributed by atoms with Gasteiger partial charge < -0.3 is 15.1 Å². The van der Waals surface area contributed by atoms with Crippen molar-refractivity contribution >= 4 is 11.6 Å². The smallest absolute Gasteiger partial charge is 0.345 e. The molecule has 0 bridgehead atoms. The summed E-state index contributed by atoms with van der Waals surface area (Å²) < 4.78 is 40.6. The van der Waals surface area contributed by atoms with Crippen LogP contribution in [0.15, 0.2) is 29.5 Å². The molecule has 28 heavy (non-hydrogen) atoms. The van der Waals surface area contributed by atoms with Crippen LogP contribution in [0, 0.1) is 34.0 Å². The number of likely N-dealkylation sites (N-methyl/N-ethyl adjacent to an activating group) is 1. The summed E-state index contributed by atoms with van der Waals surface area (Å²) >= 11 is 0. The summed E-state index contributed by atoms with van der Waals surface area (Å²) in [5, 5.41) is 29.0. The van der Waals surface area contributed by atoms with Gasteiger partial charge in [-0.3, -0.25) is 4.79 Å². The second kappa shape index (κ2) is 8.43. The monoisotopic (exact) mass is 388 g/mol. The molecule has 0 aliphatic carbocycles. The van der Waals surface area contributed by atoms with Crippen molar-refractivity contribution in [1.82, 2.24) is 9.80 Å². The molecule has 1 N–H and O–H groups in total. The van der Waals surface area contributed by atoms with E-state index in [4.69, 9.17) is 15.8 Å². The third kappa shape index (κ3) is 4.59. The number of hydrogen-bond acceptors (Lipinski definition) is 6. The normalized spacial score (nSPS) is 14.4. The molecular formula is C18H15F3N6O. The minimum absolute atomic E-state index is 0.165. The highest BCUT2D eigenvalue weighted by molar-refractivity contribution is 5.96. The van der Waals surface area contributed by atoms with E-state index < -0.39 is 34.5 Å². The number of rotatable bonds is 3. The van der Waals surface area contributed by atoms with Crippen molar-refractivity contribution in [2.45, 2.75) is 6.18 Å². The molecule has 1 heterocycles. The van der Waals surface area contributed by atoms with Crippen LogP contribution in [0.4, 0.5) is 18.9 Å². The molecule has 7 nitrogen and oxygen atoms in total. The Morgan fingerprint density at radius 1 is 1.07 bits per heavy atom. The lowest BCUT2D eigenvalue weighted by Crippen LogP contribution is -2.47. The van der Waals surface area contributed by atoms with Crippen LogP contribution in [0.3, 0.4) is 0 Å². The number of amides is 1. The molecule has 1 amide bonds. The predicted molar refractivity (Wildman–Crippen MR) is 92.3 cm³/mol. The Kier molecular flexibility index (Phi) is 6.25. The van der Waals surface area contributed by atoms with E-state index in [2.05, 4.69) is 5.32 Å². The Bertz CT molecular complexity index is 909. The predicted octanol–water partition coefficient (Wildman–Crippen LogP) is 2.33. The Morgan fingerprint density at radius 2 is 1.68 bits per heavy atom. The lowest BCUT2D eigenvalue weighted by Gasteiger charge is -2.33. The zero-order valence-electron chi connectivity index (χ0n) is 14.8. The molecule has 1 aromatic rings. The number of halogens is 3. The molecule has 0 atom stereocenters. The number of carbonyl (C=O) groups is 1. The average molecular weight is 388 g/mol. The summed E-state index contributed by atoms with van der Waals surface area (Å²) in [5.41, 5.74) is -2.85. The van der Waals surface area contributed by atoms with Gasteiger partial charge in [-0.1, -0.05) is 0 Å². The van der Waals surface area contributed by atoms with Gasteiger partial charge in [0.25, 0.3) is 5.91 Å². The number of hydrogen-bond donors (Lipinski definition) is 1. The molecule has 1 fully saturated rings. The first-order valence-corrected chi connectivity index (χ1v) is 8.12. The lowest BCUT2D eigenvalue weighted by molar-refractivity contribution is -0.138. The molecule has 10 heteroatoms. The topological polar surface area (TPSA) is 107 Å². The number of benzene rings is 1. The van der Waals surface area contributed by atoms with Gasteiger partial charge in [0, 0.05) is 31.9 Å². The minimum atomic E-state index is -4.81. The Labute approximate surface area is 159 Å². The van der Waals surface area contributed by atoms with E-state index in [-0.39, 0.29) is 5.69 Å². The van der Waals surface area contributed by atoms with Crippen molar-refractivity contribution in [3.8, 4) is 18.2 Å². The maximum atomic E-state index is 13.5. The molecule has 0 radical (unpaired) electrons. The van der Waals surface area contributed by atoms with Gasteiger partial charge in [0.2, 0.25) is 0 Å². The van der Waals surface area contributed by atoms with Gasteiger partial charge in [-0.2, -0.15) is 29.0 Å². The van der Waals surface area contributed by atoms with E-state index in [1.165, 1.54) is 23.1 Å². The molecule has 0 spiro atoms. The van der Waals surface area contributed by atoms with E-state index in [0.717, 1.165) is 6.07 Å². The SMILES string of the molecule is CN1CCN(C(=O)c2ccc(NC(C#N)=C(C#N)C#N)cc2C(F)(F)F)CC1. The van der Waals surface area contributed by atoms with Crippen molar-refractivity contribution in [2.75, 3.05) is 38.5 Å². The Balaban J connectivity index is 2.41. The van der Waals surface area contributed by atoms with Crippen LogP contribution >= 0.6 is 0 Å². The Hall–Kier alpha value is -3.55. The van der Waals surface area contributed by atoms with Crippen LogP contribution in [0.25, 0.3) is 0 Å². The molecule has 0 saturated carbocycles. The highest BCUT2D eigenvalue weighted by atomic mass is 19.4. The van der Waals surface area contributed by atoms with Gasteiger partial charge >= 0.3 is 6.18 Å². The third-order valence-electron chi connectivity index (χ3n) is 4.20. The number of alkyl halides is 3. The quantitative estimate of drug-likeness (QED) is 0.797. The van der Waals surface area contributed by atoms with Crippen LogP contribution in [-0.2, 0) is 6.18 Å². The van der Waals surface area contributed by atoms with Crippen LogP contribution in [-0.4, -0.2) is 48.9 Å². The van der Waals surface area contributed by atoms with Crippen molar-refractivity contribution in [3.63, 3.8) is 0 Å². The van der Waals surface area contributed by atoms with Crippen molar-refractivity contribution in [3.05, 3.63) is 40.6 Å². The molecule has 1 aliphatic rings. The number of allylic oxidation sites excluding steroid dienone is 2. The first-order chi connectivity index (χ1) is 13.2. The fourth-order valence-corrected chi connectivity index (χ4v) is 2.65. The van der Waals surface area contributed by atoms with Gasteiger partial charge in [-0.25, -0.2) is 0 Å². The molecule has 2 rings (SSSR count). The molecule has 1 aliphatic heterocycles. The number of nitrogens with one attached hydrogen (secondary N) is 1. The first-order valence-electron chi connectivity index (χ1n) is 8.12. The second-order valence-corrected chi connectivity index (χ2v) is 6.06. The van der Waals surface area contributed by atoms with E-state index in [9.17, 15) is 18.0 Å². The van der Waals surface area contributed by atoms with E-state index in [1.54, 1.807) is 6.07 Å². The van der Waals surface area contributed by atoms with E-state index in [1.807, 2.05) is 11.9 Å². The number of nitrogens with zero attached hydrogens (tertiary/aromatic N) is 5. The summed E-state index contributed by atoms with van der Waals surface area (Å²) in [6.45, 7) is 1.77. The summed E-state index contributed by atoms with van der Waals surface area (Å²) in [4.78, 5) is 15.9. The van der Waals surface area contributed by atoms with Crippen molar-refractivity contribution < 1.29 is 18.0 Å². The number of piperazine rings is 1. The maximum absolute atomic E-state index is 13.5. The largest absolute Gasteiger partial charge is 0.417 e. The second-order valence-electron chi connectivity index (χ2n) is 6.06. The van der Waals surface area contributed by atoms with Gasteiger partial charge in [0.05, 0.1) is 11.1 Å². The number of anilines is 1. The first kappa shape index (κ1) is 20.8. The summed E-state index contributed by atoms with van der Waals surface area (Å²) in [6.07, 6.45) is -4.81. The standard InChI is InChI=1S/C18H15F3N6O/c1-26-4-6-27(7-5-26)17(28)14-3-2-13(8-15(14)18(19,20)21)25-16(11-24)12(9-22)10-23/h2-3,8,25H,4-7H2,1H3. The minimum Gasteiger partial charge on any atom is -0.345 e. The molecule has 0 unspecified atom stereocenters. The molecule has 1 saturated heterocycles. The summed E-state index contributed by atoms with van der Waals surface area (Å²) in [5.74, 6) is -0.724. The van der Waals surface area contributed by atoms with Crippen LogP contribution in [0.1, 0.15) is 15.9 Å². The van der Waals surface area contributed by atoms with Crippen LogP contribution in [0.5, 0.6) is 0 Å². The van der Waals surface area contributed by atoms with E-state index >= 15 is 0 Å². The van der Waals surface area contributed by atoms with Gasteiger partial charge in [0.15, 0.2) is 5.57 Å². The fraction of sp³-hybridized carbons (Fsp3) is 0.333. The van der Waals surface area contributed by atoms with Crippen LogP contribution < -0.4 is 5.32 Å². The average Bonchev–Trinajstić information content (AvgIpc) is 2.67. The maximum Gasteiger partial charge on any atom is 0.417 e. The number of carbonyl (C=O) groups excluding carboxylic acids is 1. The highest BCUT2D eigenvalue weighted by Gasteiger charge is 2.37. The molecular weight excluding hydrogens is 373 g/mol. The molecule has 0 aromatic heterocycles. The molecule has 144 valence electrons. The Morgan fingerprint density at radius 3 is 2.18 bits per heavy atom. The third-order valence-corrected chi connectivity index (χ3v) is 4.20. The number of nitriles is 3. The van der Waals surface area contributed by atoms with E-state index in [0.29, 0.717) is 32.2 Å². The lowest BCUT2D eigenvalue weighted by atomic mass is 10.0. The summed E-state index contributed by atoms with van der Waals surface area (Å²) in [7, 11) is 1.86. The van der Waals surface area contributed by atoms with Gasteiger partial charge in [0.1, 0.15) is 23.9 Å². The summed E-state index contributed by atoms with van der Waals surface area (Å²) in [6, 6.07) is 7.46. The zero-order valence-corrected chi connectivity index (χ0v) is 14.8. The highest BCUT2D eigenvalue weighted by Crippen LogP contribution is 2.35. The van der Waals surface area contributed by atoms with Crippen molar-refractivity contribution in [2.24, 2.45) is 0 Å². The van der Waals surface area contributed by atoms with Gasteiger partial charge in [-0.05, 0) is 25.2 Å².